The van der Waals surface area contributed by atoms with Crippen molar-refractivity contribution in [3.63, 3.8) is 0 Å². The summed E-state index contributed by atoms with van der Waals surface area (Å²) in [4.78, 5) is 40.3. The predicted molar refractivity (Wildman–Crippen MR) is 114 cm³/mol. The molecule has 0 bridgehead atoms. The normalized spacial score (nSPS) is 25.3. The molecule has 0 radical (unpaired) electrons. The highest BCUT2D eigenvalue weighted by Gasteiger charge is 2.36. The molecule has 4 aliphatic heterocycles. The molecular weight excluding hydrogens is 416 g/mol. The van der Waals surface area contributed by atoms with Crippen LogP contribution in [0.25, 0.3) is 0 Å². The highest BCUT2D eigenvalue weighted by Crippen LogP contribution is 2.16. The number of hydrogen-bond donors (Lipinski definition) is 1. The number of morpholine rings is 2. The highest BCUT2D eigenvalue weighted by atomic mass is 16.6. The maximum Gasteiger partial charge on any atom is 0.410 e. The fourth-order valence-corrected chi connectivity index (χ4v) is 4.27. The second-order valence-electron chi connectivity index (χ2n) is 8.20. The summed E-state index contributed by atoms with van der Waals surface area (Å²) >= 11 is 0. The molecule has 3 amide bonds. The lowest BCUT2D eigenvalue weighted by molar-refractivity contribution is -0.152. The van der Waals surface area contributed by atoms with Gasteiger partial charge in [-0.15, -0.1) is 0 Å². The first-order valence-electron chi connectivity index (χ1n) is 11.0. The maximum atomic E-state index is 12.1. The lowest BCUT2D eigenvalue weighted by Crippen LogP contribution is -2.61. The van der Waals surface area contributed by atoms with Gasteiger partial charge in [-0.25, -0.2) is 4.79 Å². The van der Waals surface area contributed by atoms with Crippen LogP contribution in [0.15, 0.2) is 30.3 Å². The van der Waals surface area contributed by atoms with Gasteiger partial charge in [-0.3, -0.25) is 9.59 Å². The van der Waals surface area contributed by atoms with Crippen LogP contribution in [0.4, 0.5) is 4.79 Å². The largest absolute Gasteiger partial charge is 0.445 e. The summed E-state index contributed by atoms with van der Waals surface area (Å²) in [5, 5.41) is 3.23. The van der Waals surface area contributed by atoms with E-state index in [-0.39, 0.29) is 49.8 Å². The third kappa shape index (κ3) is 5.56. The van der Waals surface area contributed by atoms with E-state index in [2.05, 4.69) is 5.32 Å². The van der Waals surface area contributed by atoms with Crippen molar-refractivity contribution in [3.8, 4) is 0 Å². The molecule has 0 spiro atoms. The Hall–Kier alpha value is -2.69. The van der Waals surface area contributed by atoms with Crippen molar-refractivity contribution < 1.29 is 28.6 Å². The number of carbonyl (C=O) groups excluding carboxylic acids is 3. The van der Waals surface area contributed by atoms with Crippen LogP contribution in [0, 0.1) is 0 Å². The summed E-state index contributed by atoms with van der Waals surface area (Å²) < 4.78 is 15.7. The van der Waals surface area contributed by atoms with E-state index in [9.17, 15) is 14.4 Å². The van der Waals surface area contributed by atoms with Gasteiger partial charge in [0, 0.05) is 39.3 Å². The Bertz CT molecular complexity index is 805. The molecule has 0 unspecified atom stereocenters. The van der Waals surface area contributed by atoms with E-state index >= 15 is 0 Å². The van der Waals surface area contributed by atoms with Gasteiger partial charge in [0.15, 0.2) is 0 Å². The minimum absolute atomic E-state index is 0.00329. The lowest BCUT2D eigenvalue weighted by atomic mass is 10.1. The van der Waals surface area contributed by atoms with Crippen molar-refractivity contribution >= 4 is 17.9 Å². The smallest absolute Gasteiger partial charge is 0.410 e. The molecule has 1 aromatic rings. The molecule has 10 heteroatoms. The summed E-state index contributed by atoms with van der Waals surface area (Å²) in [7, 11) is 0. The molecule has 174 valence electrons. The number of fused-ring (bicyclic) bond motifs is 2. The van der Waals surface area contributed by atoms with Crippen LogP contribution in [-0.2, 0) is 30.4 Å². The van der Waals surface area contributed by atoms with E-state index in [1.165, 1.54) is 0 Å². The van der Waals surface area contributed by atoms with Crippen LogP contribution < -0.4 is 5.32 Å². The van der Waals surface area contributed by atoms with Gasteiger partial charge in [0.2, 0.25) is 11.8 Å². The standard InChI is InChI=1S/C15H18N2O4.C7H12N2O2/c18-14-11-20-10-13-8-16(6-7-17(13)14)15(19)21-9-12-4-2-1-3-5-12;10-7-5-11-4-6-3-8-1-2-9(6)7/h1-5,13H,6-11H2;6,8H,1-5H2/t13-;6-/m00/s1. The monoisotopic (exact) mass is 446 g/mol. The number of carbonyl (C=O) groups is 3. The number of ether oxygens (including phenoxy) is 3. The van der Waals surface area contributed by atoms with E-state index in [1.54, 1.807) is 9.80 Å². The third-order valence-corrected chi connectivity index (χ3v) is 6.01. The number of nitrogens with one attached hydrogen (secondary N) is 1. The molecule has 4 aliphatic rings. The molecule has 10 nitrogen and oxygen atoms in total. The molecule has 32 heavy (non-hydrogen) atoms. The van der Waals surface area contributed by atoms with Crippen LogP contribution in [0.3, 0.4) is 0 Å². The van der Waals surface area contributed by atoms with Crippen molar-refractivity contribution in [2.24, 2.45) is 0 Å². The Kier molecular flexibility index (Phi) is 7.56. The fourth-order valence-electron chi connectivity index (χ4n) is 4.27. The summed E-state index contributed by atoms with van der Waals surface area (Å²) in [5.74, 6) is 0.145. The summed E-state index contributed by atoms with van der Waals surface area (Å²) in [5.41, 5.74) is 0.959. The highest BCUT2D eigenvalue weighted by molar-refractivity contribution is 5.79. The molecule has 4 saturated heterocycles. The first kappa shape index (κ1) is 22.5. The second kappa shape index (κ2) is 10.8. The van der Waals surface area contributed by atoms with Gasteiger partial charge in [0.25, 0.3) is 0 Å². The molecule has 0 aliphatic carbocycles. The van der Waals surface area contributed by atoms with Gasteiger partial charge in [0.1, 0.15) is 19.8 Å². The van der Waals surface area contributed by atoms with E-state index in [0.29, 0.717) is 32.8 Å². The molecule has 4 fully saturated rings. The predicted octanol–water partition coefficient (Wildman–Crippen LogP) is -0.317. The first-order valence-corrected chi connectivity index (χ1v) is 11.0. The second-order valence-corrected chi connectivity index (χ2v) is 8.20. The molecule has 0 aromatic heterocycles. The van der Waals surface area contributed by atoms with Crippen molar-refractivity contribution in [2.75, 3.05) is 65.7 Å². The Morgan fingerprint density at radius 3 is 2.38 bits per heavy atom. The number of piperazine rings is 2. The molecule has 0 saturated carbocycles. The molecule has 1 N–H and O–H groups in total. The van der Waals surface area contributed by atoms with Gasteiger partial charge in [0.05, 0.1) is 25.3 Å². The number of amides is 3. The van der Waals surface area contributed by atoms with Crippen LogP contribution in [0.1, 0.15) is 5.56 Å². The van der Waals surface area contributed by atoms with Gasteiger partial charge in [-0.05, 0) is 5.56 Å². The Morgan fingerprint density at radius 2 is 1.66 bits per heavy atom. The number of benzene rings is 1. The van der Waals surface area contributed by atoms with Gasteiger partial charge in [-0.2, -0.15) is 0 Å². The first-order chi connectivity index (χ1) is 15.6. The zero-order valence-electron chi connectivity index (χ0n) is 18.1. The lowest BCUT2D eigenvalue weighted by Gasteiger charge is -2.43. The van der Waals surface area contributed by atoms with Crippen molar-refractivity contribution in [3.05, 3.63) is 35.9 Å². The topological polar surface area (TPSA) is 101 Å². The van der Waals surface area contributed by atoms with E-state index in [0.717, 1.165) is 25.2 Å². The summed E-state index contributed by atoms with van der Waals surface area (Å²) in [6.07, 6.45) is -0.337. The molecule has 1 aromatic carbocycles. The number of nitrogens with zero attached hydrogens (tertiary/aromatic N) is 3. The van der Waals surface area contributed by atoms with Crippen molar-refractivity contribution in [1.29, 1.82) is 0 Å². The van der Waals surface area contributed by atoms with E-state index in [1.807, 2.05) is 35.2 Å². The van der Waals surface area contributed by atoms with E-state index in [4.69, 9.17) is 14.2 Å². The minimum atomic E-state index is -0.337. The number of rotatable bonds is 2. The SMILES string of the molecule is O=C(OCc1ccccc1)N1CCN2C(=O)COC[C@@H]2C1.O=C1COC[C@@H]2CNCCN12. The molecular formula is C22H30N4O6. The third-order valence-electron chi connectivity index (χ3n) is 6.01. The quantitative estimate of drug-likeness (QED) is 0.665. The Morgan fingerprint density at radius 1 is 0.969 bits per heavy atom. The Balaban J connectivity index is 0.000000186. The van der Waals surface area contributed by atoms with Gasteiger partial charge >= 0.3 is 6.09 Å². The van der Waals surface area contributed by atoms with Crippen LogP contribution in [0.5, 0.6) is 0 Å². The zero-order chi connectivity index (χ0) is 22.3. The average Bonchev–Trinajstić information content (AvgIpc) is 2.84. The molecule has 4 heterocycles. The van der Waals surface area contributed by atoms with Crippen LogP contribution in [-0.4, -0.2) is 110 Å². The zero-order valence-corrected chi connectivity index (χ0v) is 18.1. The maximum absolute atomic E-state index is 12.1. The Labute approximate surface area is 187 Å². The van der Waals surface area contributed by atoms with Gasteiger partial charge < -0.3 is 34.2 Å². The molecule has 5 rings (SSSR count). The summed E-state index contributed by atoms with van der Waals surface area (Å²) in [6, 6.07) is 9.80. The number of hydrogen-bond acceptors (Lipinski definition) is 7. The van der Waals surface area contributed by atoms with Crippen molar-refractivity contribution in [1.82, 2.24) is 20.0 Å². The minimum Gasteiger partial charge on any atom is -0.445 e. The fraction of sp³-hybridized carbons (Fsp3) is 0.591. The molecule has 2 atom stereocenters. The van der Waals surface area contributed by atoms with Crippen molar-refractivity contribution in [2.45, 2.75) is 18.7 Å². The summed E-state index contributed by atoms with van der Waals surface area (Å²) in [6.45, 7) is 6.03. The van der Waals surface area contributed by atoms with E-state index < -0.39 is 0 Å². The van der Waals surface area contributed by atoms with Gasteiger partial charge in [-0.1, -0.05) is 30.3 Å². The van der Waals surface area contributed by atoms with Crippen LogP contribution in [0.2, 0.25) is 0 Å². The van der Waals surface area contributed by atoms with Crippen LogP contribution >= 0.6 is 0 Å². The average molecular weight is 447 g/mol.